The number of carbonyl (C=O) groups is 1. The maximum Gasteiger partial charge on any atom is 0.251 e. The minimum absolute atomic E-state index is 0.0588. The van der Waals surface area contributed by atoms with Gasteiger partial charge in [-0.1, -0.05) is 6.07 Å². The molecular formula is C25H25N7O2. The zero-order valence-corrected chi connectivity index (χ0v) is 18.6. The topological polar surface area (TPSA) is 118 Å². The Morgan fingerprint density at radius 1 is 1.09 bits per heavy atom. The van der Waals surface area contributed by atoms with Gasteiger partial charge in [-0.3, -0.25) is 19.9 Å². The molecule has 9 heteroatoms. The average Bonchev–Trinajstić information content (AvgIpc) is 3.59. The zero-order chi connectivity index (χ0) is 22.9. The van der Waals surface area contributed by atoms with Crippen molar-refractivity contribution in [3.63, 3.8) is 0 Å². The number of nitrogens with zero attached hydrogens (tertiary/aromatic N) is 4. The first kappa shape index (κ1) is 20.7. The third-order valence-electron chi connectivity index (χ3n) is 6.19. The first-order valence-electron chi connectivity index (χ1n) is 11.7. The normalized spacial score (nSPS) is 18.1. The Morgan fingerprint density at radius 3 is 2.88 bits per heavy atom. The van der Waals surface area contributed by atoms with Crippen molar-refractivity contribution < 1.29 is 9.53 Å². The first-order chi connectivity index (χ1) is 16.7. The third-order valence-corrected chi connectivity index (χ3v) is 6.19. The lowest BCUT2D eigenvalue weighted by Gasteiger charge is -2.23. The molecule has 0 spiro atoms. The Labute approximate surface area is 196 Å². The van der Waals surface area contributed by atoms with Gasteiger partial charge < -0.3 is 15.4 Å². The van der Waals surface area contributed by atoms with Crippen LogP contribution in [0.5, 0.6) is 5.88 Å². The maximum atomic E-state index is 12.5. The Balaban J connectivity index is 1.30. The highest BCUT2D eigenvalue weighted by Crippen LogP contribution is 2.30. The van der Waals surface area contributed by atoms with E-state index in [4.69, 9.17) is 4.74 Å². The second-order valence-electron chi connectivity index (χ2n) is 8.84. The first-order valence-corrected chi connectivity index (χ1v) is 11.7. The number of ether oxygens (including phenoxy) is 1. The molecule has 0 bridgehead atoms. The lowest BCUT2D eigenvalue weighted by molar-refractivity contribution is 0.0951. The van der Waals surface area contributed by atoms with Crippen LogP contribution in [0.4, 0.5) is 0 Å². The number of hydrogen-bond donors (Lipinski definition) is 3. The van der Waals surface area contributed by atoms with Gasteiger partial charge in [-0.2, -0.15) is 5.10 Å². The largest absolute Gasteiger partial charge is 0.472 e. The molecule has 172 valence electrons. The molecule has 1 aliphatic carbocycles. The van der Waals surface area contributed by atoms with Crippen molar-refractivity contribution in [3.8, 4) is 28.5 Å². The number of hydrogen-bond acceptors (Lipinski definition) is 7. The van der Waals surface area contributed by atoms with Crippen molar-refractivity contribution in [2.24, 2.45) is 0 Å². The molecule has 1 aromatic carbocycles. The summed E-state index contributed by atoms with van der Waals surface area (Å²) in [5, 5.41) is 14.8. The van der Waals surface area contributed by atoms with Crippen LogP contribution in [0.15, 0.2) is 48.9 Å². The van der Waals surface area contributed by atoms with Gasteiger partial charge >= 0.3 is 0 Å². The summed E-state index contributed by atoms with van der Waals surface area (Å²) in [6.07, 6.45) is 9.28. The van der Waals surface area contributed by atoms with Crippen LogP contribution in [0.25, 0.3) is 33.5 Å². The SMILES string of the molecule is O=C(NC1CC1)c1ccnc(-c2ccc3[nH]nc(-c4cncc(OC5CCCNC5)n4)c3c2)c1. The fourth-order valence-corrected chi connectivity index (χ4v) is 4.20. The molecule has 9 nitrogen and oxygen atoms in total. The summed E-state index contributed by atoms with van der Waals surface area (Å²) in [5.41, 5.74) is 4.44. The predicted octanol–water partition coefficient (Wildman–Crippen LogP) is 3.10. The highest BCUT2D eigenvalue weighted by atomic mass is 16.5. The molecule has 1 unspecified atom stereocenters. The standard InChI is InChI=1S/C25H25N7O2/c33-25(29-17-4-5-17)16-7-9-28-21(11-16)15-3-6-20-19(10-15)24(32-31-20)22-13-27-14-23(30-22)34-18-2-1-8-26-12-18/h3,6-7,9-11,13-14,17-18,26H,1-2,4-5,8,12H2,(H,29,33)(H,31,32). The van der Waals surface area contributed by atoms with Gasteiger partial charge in [0.05, 0.1) is 23.6 Å². The second kappa shape index (κ2) is 8.83. The smallest absolute Gasteiger partial charge is 0.251 e. The molecule has 34 heavy (non-hydrogen) atoms. The zero-order valence-electron chi connectivity index (χ0n) is 18.6. The van der Waals surface area contributed by atoms with Crippen LogP contribution in [-0.2, 0) is 0 Å². The summed E-state index contributed by atoms with van der Waals surface area (Å²) >= 11 is 0. The number of carbonyl (C=O) groups excluding carboxylic acids is 1. The summed E-state index contributed by atoms with van der Waals surface area (Å²) in [7, 11) is 0. The number of rotatable bonds is 6. The molecule has 2 aliphatic rings. The van der Waals surface area contributed by atoms with E-state index in [-0.39, 0.29) is 12.0 Å². The van der Waals surface area contributed by atoms with Crippen molar-refractivity contribution in [1.29, 1.82) is 0 Å². The van der Waals surface area contributed by atoms with E-state index in [1.807, 2.05) is 24.3 Å². The fourth-order valence-electron chi connectivity index (χ4n) is 4.20. The fraction of sp³-hybridized carbons (Fsp3) is 0.320. The van der Waals surface area contributed by atoms with Gasteiger partial charge in [0, 0.05) is 35.3 Å². The number of benzene rings is 1. The lowest BCUT2D eigenvalue weighted by atomic mass is 10.0. The number of piperidine rings is 1. The molecule has 1 aliphatic heterocycles. The van der Waals surface area contributed by atoms with Crippen molar-refractivity contribution in [2.45, 2.75) is 37.8 Å². The number of aromatic amines is 1. The number of amides is 1. The van der Waals surface area contributed by atoms with E-state index >= 15 is 0 Å². The van der Waals surface area contributed by atoms with Crippen LogP contribution in [0.3, 0.4) is 0 Å². The minimum Gasteiger partial charge on any atom is -0.472 e. The van der Waals surface area contributed by atoms with E-state index in [1.54, 1.807) is 24.7 Å². The van der Waals surface area contributed by atoms with Crippen molar-refractivity contribution in [3.05, 3.63) is 54.5 Å². The molecule has 3 N–H and O–H groups in total. The van der Waals surface area contributed by atoms with E-state index in [0.29, 0.717) is 28.9 Å². The van der Waals surface area contributed by atoms with Crippen molar-refractivity contribution in [1.82, 2.24) is 35.8 Å². The maximum absolute atomic E-state index is 12.5. The van der Waals surface area contributed by atoms with E-state index in [0.717, 1.165) is 60.9 Å². The van der Waals surface area contributed by atoms with Gasteiger partial charge in [-0.15, -0.1) is 0 Å². The van der Waals surface area contributed by atoms with Gasteiger partial charge in [0.25, 0.3) is 5.91 Å². The Kier molecular flexibility index (Phi) is 5.38. The highest BCUT2D eigenvalue weighted by molar-refractivity contribution is 5.97. The Morgan fingerprint density at radius 2 is 2.03 bits per heavy atom. The molecule has 1 saturated heterocycles. The number of pyridine rings is 1. The van der Waals surface area contributed by atoms with Gasteiger partial charge in [0.15, 0.2) is 0 Å². The quantitative estimate of drug-likeness (QED) is 0.409. The van der Waals surface area contributed by atoms with Gasteiger partial charge in [0.2, 0.25) is 5.88 Å². The van der Waals surface area contributed by atoms with Crippen LogP contribution in [0.1, 0.15) is 36.0 Å². The van der Waals surface area contributed by atoms with Crippen molar-refractivity contribution >= 4 is 16.8 Å². The molecule has 6 rings (SSSR count). The summed E-state index contributed by atoms with van der Waals surface area (Å²) in [5.74, 6) is 0.436. The molecule has 1 saturated carbocycles. The molecule has 4 heterocycles. The summed E-state index contributed by atoms with van der Waals surface area (Å²) in [4.78, 5) is 26.0. The number of H-pyrrole nitrogens is 1. The molecular weight excluding hydrogens is 430 g/mol. The van der Waals surface area contributed by atoms with Gasteiger partial charge in [-0.25, -0.2) is 4.98 Å². The Hall–Kier alpha value is -3.85. The minimum atomic E-state index is -0.0588. The van der Waals surface area contributed by atoms with Crippen LogP contribution in [0.2, 0.25) is 0 Å². The van der Waals surface area contributed by atoms with Crippen molar-refractivity contribution in [2.75, 3.05) is 13.1 Å². The predicted molar refractivity (Wildman–Crippen MR) is 127 cm³/mol. The molecule has 4 aromatic rings. The van der Waals surface area contributed by atoms with E-state index in [2.05, 4.69) is 35.8 Å². The Bertz CT molecular complexity index is 1340. The van der Waals surface area contributed by atoms with Gasteiger partial charge in [0.1, 0.15) is 17.5 Å². The highest BCUT2D eigenvalue weighted by Gasteiger charge is 2.24. The summed E-state index contributed by atoms with van der Waals surface area (Å²) < 4.78 is 6.04. The number of nitrogens with one attached hydrogen (secondary N) is 3. The summed E-state index contributed by atoms with van der Waals surface area (Å²) in [6.45, 7) is 1.83. The second-order valence-corrected chi connectivity index (χ2v) is 8.84. The molecule has 2 fully saturated rings. The van der Waals surface area contributed by atoms with Crippen LogP contribution in [0, 0.1) is 0 Å². The van der Waals surface area contributed by atoms with Gasteiger partial charge in [-0.05, 0) is 56.5 Å². The average molecular weight is 456 g/mol. The summed E-state index contributed by atoms with van der Waals surface area (Å²) in [6, 6.07) is 9.82. The molecule has 1 amide bonds. The van der Waals surface area contributed by atoms with Crippen LogP contribution in [-0.4, -0.2) is 56.3 Å². The van der Waals surface area contributed by atoms with Crippen LogP contribution < -0.4 is 15.4 Å². The van der Waals surface area contributed by atoms with E-state index in [1.165, 1.54) is 0 Å². The van der Waals surface area contributed by atoms with Crippen LogP contribution >= 0.6 is 0 Å². The lowest BCUT2D eigenvalue weighted by Crippen LogP contribution is -2.37. The number of fused-ring (bicyclic) bond motifs is 1. The molecule has 0 radical (unpaired) electrons. The monoisotopic (exact) mass is 455 g/mol. The van der Waals surface area contributed by atoms with E-state index < -0.39 is 0 Å². The third kappa shape index (κ3) is 4.34. The van der Waals surface area contributed by atoms with E-state index in [9.17, 15) is 4.79 Å². The number of aromatic nitrogens is 5. The molecule has 1 atom stereocenters. The molecule has 3 aromatic heterocycles.